The van der Waals surface area contributed by atoms with E-state index < -0.39 is 0 Å². The van der Waals surface area contributed by atoms with Crippen molar-refractivity contribution >= 4 is 17.5 Å². The molecule has 0 radical (unpaired) electrons. The van der Waals surface area contributed by atoms with Gasteiger partial charge in [-0.1, -0.05) is 31.9 Å². The molecule has 4 nitrogen and oxygen atoms in total. The monoisotopic (exact) mass is 274 g/mol. The van der Waals surface area contributed by atoms with Gasteiger partial charge in [-0.05, 0) is 31.4 Å². The van der Waals surface area contributed by atoms with Crippen LogP contribution in [0.1, 0.15) is 55.8 Å². The predicted molar refractivity (Wildman–Crippen MR) is 79.7 cm³/mol. The van der Waals surface area contributed by atoms with E-state index in [-0.39, 0.29) is 17.9 Å². The first-order chi connectivity index (χ1) is 9.70. The maximum atomic E-state index is 12.3. The Labute approximate surface area is 119 Å². The number of hydrogen-bond donors (Lipinski definition) is 2. The lowest BCUT2D eigenvalue weighted by molar-refractivity contribution is -0.116. The van der Waals surface area contributed by atoms with Gasteiger partial charge in [0.1, 0.15) is 0 Å². The summed E-state index contributed by atoms with van der Waals surface area (Å²) in [7, 11) is 0. The maximum Gasteiger partial charge on any atom is 0.253 e. The van der Waals surface area contributed by atoms with Gasteiger partial charge in [0.25, 0.3) is 5.91 Å². The summed E-state index contributed by atoms with van der Waals surface area (Å²) in [5, 5.41) is 5.87. The average molecular weight is 274 g/mol. The number of anilines is 1. The quantitative estimate of drug-likeness (QED) is 0.866. The van der Waals surface area contributed by atoms with Crippen LogP contribution in [0.3, 0.4) is 0 Å². The lowest BCUT2D eigenvalue weighted by Gasteiger charge is -2.14. The fraction of sp³-hybridized carbons (Fsp3) is 0.500. The highest BCUT2D eigenvalue weighted by molar-refractivity contribution is 6.03. The fourth-order valence-corrected chi connectivity index (χ4v) is 2.56. The third-order valence-electron chi connectivity index (χ3n) is 3.61. The predicted octanol–water partition coefficient (Wildman–Crippen LogP) is 3.10. The van der Waals surface area contributed by atoms with Gasteiger partial charge in [-0.3, -0.25) is 9.59 Å². The lowest BCUT2D eigenvalue weighted by Crippen LogP contribution is -2.33. The fourth-order valence-electron chi connectivity index (χ4n) is 2.56. The minimum atomic E-state index is -0.0932. The molecule has 0 unspecified atom stereocenters. The average Bonchev–Trinajstić information content (AvgIpc) is 2.92. The van der Waals surface area contributed by atoms with Crippen LogP contribution < -0.4 is 10.6 Å². The first-order valence-electron chi connectivity index (χ1n) is 7.40. The molecule has 20 heavy (non-hydrogen) atoms. The summed E-state index contributed by atoms with van der Waals surface area (Å²) < 4.78 is 0. The number of carbonyl (C=O) groups excluding carboxylic acids is 2. The smallest absolute Gasteiger partial charge is 0.253 e. The molecule has 1 saturated carbocycles. The summed E-state index contributed by atoms with van der Waals surface area (Å²) in [4.78, 5) is 24.0. The van der Waals surface area contributed by atoms with Gasteiger partial charge in [0, 0.05) is 12.5 Å². The van der Waals surface area contributed by atoms with Gasteiger partial charge in [0.05, 0.1) is 11.3 Å². The Kier molecular flexibility index (Phi) is 5.16. The van der Waals surface area contributed by atoms with E-state index in [2.05, 4.69) is 10.6 Å². The van der Waals surface area contributed by atoms with E-state index in [9.17, 15) is 9.59 Å². The summed E-state index contributed by atoms with van der Waals surface area (Å²) in [5.41, 5.74) is 1.14. The van der Waals surface area contributed by atoms with Crippen molar-refractivity contribution in [3.63, 3.8) is 0 Å². The van der Waals surface area contributed by atoms with E-state index in [4.69, 9.17) is 0 Å². The second-order valence-electron chi connectivity index (χ2n) is 5.30. The summed E-state index contributed by atoms with van der Waals surface area (Å²) in [6.45, 7) is 1.96. The minimum absolute atomic E-state index is 0.0476. The van der Waals surface area contributed by atoms with Crippen molar-refractivity contribution in [2.24, 2.45) is 0 Å². The van der Waals surface area contributed by atoms with Crippen LogP contribution in [-0.4, -0.2) is 17.9 Å². The van der Waals surface area contributed by atoms with E-state index in [1.165, 1.54) is 12.8 Å². The topological polar surface area (TPSA) is 58.2 Å². The van der Waals surface area contributed by atoms with Gasteiger partial charge >= 0.3 is 0 Å². The Morgan fingerprint density at radius 3 is 2.60 bits per heavy atom. The highest BCUT2D eigenvalue weighted by Gasteiger charge is 2.19. The molecule has 1 aromatic carbocycles. The van der Waals surface area contributed by atoms with Crippen LogP contribution in [0.5, 0.6) is 0 Å². The molecule has 2 rings (SSSR count). The second-order valence-corrected chi connectivity index (χ2v) is 5.30. The summed E-state index contributed by atoms with van der Waals surface area (Å²) in [6.07, 6.45) is 5.73. The number of benzene rings is 1. The van der Waals surface area contributed by atoms with Gasteiger partial charge in [-0.25, -0.2) is 0 Å². The maximum absolute atomic E-state index is 12.3. The highest BCUT2D eigenvalue weighted by atomic mass is 16.2. The van der Waals surface area contributed by atoms with Gasteiger partial charge in [-0.2, -0.15) is 0 Å². The molecule has 1 aromatic rings. The van der Waals surface area contributed by atoms with Crippen molar-refractivity contribution in [2.45, 2.75) is 51.5 Å². The lowest BCUT2D eigenvalue weighted by atomic mass is 10.1. The van der Waals surface area contributed by atoms with Gasteiger partial charge in [0.2, 0.25) is 5.91 Å². The largest absolute Gasteiger partial charge is 0.349 e. The summed E-state index contributed by atoms with van der Waals surface area (Å²) in [5.74, 6) is -0.141. The Morgan fingerprint density at radius 1 is 1.20 bits per heavy atom. The summed E-state index contributed by atoms with van der Waals surface area (Å²) >= 11 is 0. The normalized spacial score (nSPS) is 15.1. The first-order valence-corrected chi connectivity index (χ1v) is 7.40. The molecule has 1 fully saturated rings. The Hall–Kier alpha value is -1.84. The molecule has 0 bridgehead atoms. The first kappa shape index (κ1) is 14.6. The van der Waals surface area contributed by atoms with Crippen molar-refractivity contribution in [1.29, 1.82) is 0 Å². The van der Waals surface area contributed by atoms with E-state index in [0.29, 0.717) is 17.7 Å². The van der Waals surface area contributed by atoms with Crippen LogP contribution in [0.15, 0.2) is 24.3 Å². The van der Waals surface area contributed by atoms with Crippen LogP contribution in [0.4, 0.5) is 5.69 Å². The molecule has 1 aliphatic carbocycles. The van der Waals surface area contributed by atoms with Gasteiger partial charge < -0.3 is 10.6 Å². The zero-order valence-electron chi connectivity index (χ0n) is 11.9. The summed E-state index contributed by atoms with van der Waals surface area (Å²) in [6, 6.07) is 7.46. The van der Waals surface area contributed by atoms with Crippen LogP contribution in [0, 0.1) is 0 Å². The van der Waals surface area contributed by atoms with Gasteiger partial charge in [0.15, 0.2) is 0 Å². The molecule has 108 valence electrons. The van der Waals surface area contributed by atoms with Crippen molar-refractivity contribution in [3.8, 4) is 0 Å². The molecule has 0 spiro atoms. The zero-order chi connectivity index (χ0) is 14.4. The third kappa shape index (κ3) is 3.83. The Morgan fingerprint density at radius 2 is 1.90 bits per heavy atom. The third-order valence-corrected chi connectivity index (χ3v) is 3.61. The van der Waals surface area contributed by atoms with E-state index >= 15 is 0 Å². The van der Waals surface area contributed by atoms with Crippen molar-refractivity contribution < 1.29 is 9.59 Å². The van der Waals surface area contributed by atoms with E-state index in [1.807, 2.05) is 19.1 Å². The molecule has 4 heteroatoms. The number of hydrogen-bond acceptors (Lipinski definition) is 2. The number of rotatable bonds is 5. The molecule has 0 heterocycles. The van der Waals surface area contributed by atoms with E-state index in [0.717, 1.165) is 19.3 Å². The van der Waals surface area contributed by atoms with Crippen LogP contribution in [0.2, 0.25) is 0 Å². The number of amides is 2. The highest BCUT2D eigenvalue weighted by Crippen LogP contribution is 2.20. The molecule has 2 amide bonds. The SMILES string of the molecule is CCCC(=O)Nc1ccccc1C(=O)NC1CCCC1. The second kappa shape index (κ2) is 7.08. The van der Waals surface area contributed by atoms with Crippen molar-refractivity contribution in [3.05, 3.63) is 29.8 Å². The van der Waals surface area contributed by atoms with Gasteiger partial charge in [-0.15, -0.1) is 0 Å². The van der Waals surface area contributed by atoms with E-state index in [1.54, 1.807) is 12.1 Å². The molecular weight excluding hydrogens is 252 g/mol. The van der Waals surface area contributed by atoms with Crippen molar-refractivity contribution in [2.75, 3.05) is 5.32 Å². The zero-order valence-corrected chi connectivity index (χ0v) is 11.9. The molecule has 1 aliphatic rings. The molecule has 0 aliphatic heterocycles. The molecular formula is C16H22N2O2. The standard InChI is InChI=1S/C16H22N2O2/c1-2-7-15(19)18-14-11-6-5-10-13(14)16(20)17-12-8-3-4-9-12/h5-6,10-12H,2-4,7-9H2,1H3,(H,17,20)(H,18,19). The molecule has 0 aromatic heterocycles. The Balaban J connectivity index is 2.06. The number of carbonyl (C=O) groups is 2. The Bertz CT molecular complexity index is 479. The van der Waals surface area contributed by atoms with Crippen LogP contribution in [-0.2, 0) is 4.79 Å². The minimum Gasteiger partial charge on any atom is -0.349 e. The number of nitrogens with one attached hydrogen (secondary N) is 2. The molecule has 0 saturated heterocycles. The number of para-hydroxylation sites is 1. The molecule has 2 N–H and O–H groups in total. The van der Waals surface area contributed by atoms with Crippen LogP contribution in [0.25, 0.3) is 0 Å². The van der Waals surface area contributed by atoms with Crippen LogP contribution >= 0.6 is 0 Å². The van der Waals surface area contributed by atoms with Crippen molar-refractivity contribution in [1.82, 2.24) is 5.32 Å². The molecule has 0 atom stereocenters.